The van der Waals surface area contributed by atoms with Crippen LogP contribution in [0.15, 0.2) is 29.3 Å². The number of aryl methyl sites for hydroxylation is 1. The molecule has 1 aliphatic rings. The number of guanidine groups is 1. The number of hydrogen-bond acceptors (Lipinski definition) is 4. The minimum Gasteiger partial charge on any atom is -0.374 e. The van der Waals surface area contributed by atoms with Crippen molar-refractivity contribution in [1.29, 1.82) is 0 Å². The zero-order valence-corrected chi connectivity index (χ0v) is 16.9. The molecule has 0 saturated carbocycles. The monoisotopic (exact) mass is 372 g/mol. The second-order valence-electron chi connectivity index (χ2n) is 7.53. The molecule has 1 aliphatic heterocycles. The Morgan fingerprint density at radius 3 is 2.89 bits per heavy atom. The molecule has 7 heteroatoms. The minimum absolute atomic E-state index is 0.187. The Labute approximate surface area is 161 Å². The van der Waals surface area contributed by atoms with Gasteiger partial charge in [0.25, 0.3) is 0 Å². The standard InChI is InChI=1S/C20H32N6O/c1-15(2)13-26-9-10-27-16(14-26)11-22-20(21-3)23-12-19-24-17-7-5-6-8-18(17)25(19)4/h5-8,15-16H,9-14H2,1-4H3,(H2,21,22,23). The zero-order valence-electron chi connectivity index (χ0n) is 16.9. The van der Waals surface area contributed by atoms with Gasteiger partial charge in [0.1, 0.15) is 5.82 Å². The van der Waals surface area contributed by atoms with Crippen LogP contribution in [0.5, 0.6) is 0 Å². The van der Waals surface area contributed by atoms with Crippen LogP contribution in [-0.4, -0.2) is 66.3 Å². The molecule has 7 nitrogen and oxygen atoms in total. The molecular formula is C20H32N6O. The third kappa shape index (κ3) is 5.20. The van der Waals surface area contributed by atoms with Crippen LogP contribution in [-0.2, 0) is 18.3 Å². The summed E-state index contributed by atoms with van der Waals surface area (Å²) in [5.41, 5.74) is 2.15. The fourth-order valence-electron chi connectivity index (χ4n) is 3.53. The molecule has 2 heterocycles. The normalized spacial score (nSPS) is 19.0. The SMILES string of the molecule is CN=C(NCc1nc2ccccc2n1C)NCC1CN(CC(C)C)CCO1. The lowest BCUT2D eigenvalue weighted by Gasteiger charge is -2.34. The number of rotatable bonds is 6. The van der Waals surface area contributed by atoms with Gasteiger partial charge in [-0.25, -0.2) is 4.98 Å². The van der Waals surface area contributed by atoms with Gasteiger partial charge in [-0.1, -0.05) is 26.0 Å². The van der Waals surface area contributed by atoms with E-state index in [9.17, 15) is 0 Å². The van der Waals surface area contributed by atoms with Crippen LogP contribution >= 0.6 is 0 Å². The molecule has 1 fully saturated rings. The Hall–Kier alpha value is -2.12. The Morgan fingerprint density at radius 1 is 1.33 bits per heavy atom. The third-order valence-electron chi connectivity index (χ3n) is 4.86. The highest BCUT2D eigenvalue weighted by Crippen LogP contribution is 2.13. The number of imidazole rings is 1. The number of fused-ring (bicyclic) bond motifs is 1. The molecule has 2 N–H and O–H groups in total. The third-order valence-corrected chi connectivity index (χ3v) is 4.86. The topological polar surface area (TPSA) is 66.7 Å². The van der Waals surface area contributed by atoms with Crippen molar-refractivity contribution in [3.05, 3.63) is 30.1 Å². The van der Waals surface area contributed by atoms with E-state index in [1.807, 2.05) is 25.2 Å². The van der Waals surface area contributed by atoms with Crippen molar-refractivity contribution in [2.24, 2.45) is 18.0 Å². The first kappa shape index (κ1) is 19.6. The molecule has 0 bridgehead atoms. The van der Waals surface area contributed by atoms with Crippen molar-refractivity contribution >= 4 is 17.0 Å². The quantitative estimate of drug-likeness (QED) is 0.596. The van der Waals surface area contributed by atoms with E-state index in [-0.39, 0.29) is 6.10 Å². The highest BCUT2D eigenvalue weighted by atomic mass is 16.5. The highest BCUT2D eigenvalue weighted by molar-refractivity contribution is 5.80. The molecule has 3 rings (SSSR count). The van der Waals surface area contributed by atoms with Gasteiger partial charge >= 0.3 is 0 Å². The molecule has 0 amide bonds. The van der Waals surface area contributed by atoms with Crippen molar-refractivity contribution in [2.75, 3.05) is 39.8 Å². The maximum absolute atomic E-state index is 5.90. The lowest BCUT2D eigenvalue weighted by molar-refractivity contribution is -0.0284. The predicted molar refractivity (Wildman–Crippen MR) is 110 cm³/mol. The largest absolute Gasteiger partial charge is 0.374 e. The second-order valence-corrected chi connectivity index (χ2v) is 7.53. The first-order valence-corrected chi connectivity index (χ1v) is 9.75. The second kappa shape index (κ2) is 9.19. The number of hydrogen-bond donors (Lipinski definition) is 2. The van der Waals surface area contributed by atoms with Crippen molar-refractivity contribution in [1.82, 2.24) is 25.1 Å². The fraction of sp³-hybridized carbons (Fsp3) is 0.600. The number of nitrogens with one attached hydrogen (secondary N) is 2. The Morgan fingerprint density at radius 2 is 2.15 bits per heavy atom. The summed E-state index contributed by atoms with van der Waals surface area (Å²) >= 11 is 0. The van der Waals surface area contributed by atoms with E-state index < -0.39 is 0 Å². The van der Waals surface area contributed by atoms with Gasteiger partial charge in [-0.3, -0.25) is 9.89 Å². The van der Waals surface area contributed by atoms with Crippen LogP contribution < -0.4 is 10.6 Å². The van der Waals surface area contributed by atoms with Gasteiger partial charge in [-0.2, -0.15) is 0 Å². The molecule has 2 aromatic rings. The van der Waals surface area contributed by atoms with E-state index in [0.29, 0.717) is 12.5 Å². The van der Waals surface area contributed by atoms with E-state index in [4.69, 9.17) is 9.72 Å². The van der Waals surface area contributed by atoms with Gasteiger partial charge in [0.05, 0.1) is 30.3 Å². The molecule has 1 unspecified atom stereocenters. The van der Waals surface area contributed by atoms with E-state index in [0.717, 1.165) is 55.6 Å². The van der Waals surface area contributed by atoms with Crippen LogP contribution in [0.2, 0.25) is 0 Å². The van der Waals surface area contributed by atoms with Crippen LogP contribution in [0.4, 0.5) is 0 Å². The Kier molecular flexibility index (Phi) is 6.68. The van der Waals surface area contributed by atoms with Crippen LogP contribution in [0, 0.1) is 5.92 Å². The van der Waals surface area contributed by atoms with Crippen molar-refractivity contribution in [2.45, 2.75) is 26.5 Å². The summed E-state index contributed by atoms with van der Waals surface area (Å²) in [5, 5.41) is 6.74. The van der Waals surface area contributed by atoms with Crippen molar-refractivity contribution < 1.29 is 4.74 Å². The first-order valence-electron chi connectivity index (χ1n) is 9.75. The molecule has 1 saturated heterocycles. The van der Waals surface area contributed by atoms with Crippen molar-refractivity contribution in [3.8, 4) is 0 Å². The zero-order chi connectivity index (χ0) is 19.2. The van der Waals surface area contributed by atoms with Gasteiger partial charge in [0, 0.05) is 40.3 Å². The summed E-state index contributed by atoms with van der Waals surface area (Å²) in [6, 6.07) is 8.17. The number of aromatic nitrogens is 2. The molecule has 0 radical (unpaired) electrons. The van der Waals surface area contributed by atoms with E-state index in [2.05, 4.69) is 45.0 Å². The van der Waals surface area contributed by atoms with Crippen molar-refractivity contribution in [3.63, 3.8) is 0 Å². The molecule has 1 atom stereocenters. The average molecular weight is 373 g/mol. The molecular weight excluding hydrogens is 340 g/mol. The number of morpholine rings is 1. The number of para-hydroxylation sites is 2. The number of benzene rings is 1. The molecule has 0 spiro atoms. The first-order chi connectivity index (χ1) is 13.1. The van der Waals surface area contributed by atoms with Crippen LogP contribution in [0.1, 0.15) is 19.7 Å². The predicted octanol–water partition coefficient (Wildman–Crippen LogP) is 1.60. The summed E-state index contributed by atoms with van der Waals surface area (Å²) in [6.45, 7) is 9.80. The summed E-state index contributed by atoms with van der Waals surface area (Å²) in [6.07, 6.45) is 0.187. The Bertz CT molecular complexity index is 769. The fourth-order valence-corrected chi connectivity index (χ4v) is 3.53. The lowest BCUT2D eigenvalue weighted by Crippen LogP contribution is -2.50. The van der Waals surface area contributed by atoms with Gasteiger partial charge in [-0.15, -0.1) is 0 Å². The number of ether oxygens (including phenoxy) is 1. The summed E-state index contributed by atoms with van der Waals surface area (Å²) in [4.78, 5) is 11.5. The van der Waals surface area contributed by atoms with Gasteiger partial charge < -0.3 is 19.9 Å². The summed E-state index contributed by atoms with van der Waals surface area (Å²) in [7, 11) is 3.83. The van der Waals surface area contributed by atoms with Crippen LogP contribution in [0.25, 0.3) is 11.0 Å². The highest BCUT2D eigenvalue weighted by Gasteiger charge is 2.21. The van der Waals surface area contributed by atoms with E-state index in [1.54, 1.807) is 7.05 Å². The van der Waals surface area contributed by atoms with Gasteiger partial charge in [0.15, 0.2) is 5.96 Å². The molecule has 148 valence electrons. The smallest absolute Gasteiger partial charge is 0.191 e. The summed E-state index contributed by atoms with van der Waals surface area (Å²) < 4.78 is 8.02. The lowest BCUT2D eigenvalue weighted by atomic mass is 10.2. The van der Waals surface area contributed by atoms with Gasteiger partial charge in [0.2, 0.25) is 0 Å². The molecule has 0 aliphatic carbocycles. The molecule has 1 aromatic heterocycles. The Balaban J connectivity index is 1.50. The maximum atomic E-state index is 5.90. The number of aliphatic imine (C=N–C) groups is 1. The molecule has 27 heavy (non-hydrogen) atoms. The van der Waals surface area contributed by atoms with E-state index in [1.165, 1.54) is 0 Å². The maximum Gasteiger partial charge on any atom is 0.191 e. The number of nitrogens with zero attached hydrogens (tertiary/aromatic N) is 4. The minimum atomic E-state index is 0.187. The van der Waals surface area contributed by atoms with Gasteiger partial charge in [-0.05, 0) is 18.1 Å². The molecule has 1 aromatic carbocycles. The van der Waals surface area contributed by atoms with Crippen LogP contribution in [0.3, 0.4) is 0 Å². The average Bonchev–Trinajstić information content (AvgIpc) is 2.98. The van der Waals surface area contributed by atoms with E-state index >= 15 is 0 Å². The summed E-state index contributed by atoms with van der Waals surface area (Å²) in [5.74, 6) is 2.43.